The number of carboxylic acids is 1. The summed E-state index contributed by atoms with van der Waals surface area (Å²) in [4.78, 5) is 25.2. The molecule has 1 aliphatic heterocycles. The number of nitrogens with zero attached hydrogens (tertiary/aromatic N) is 3. The van der Waals surface area contributed by atoms with E-state index in [0.29, 0.717) is 11.3 Å². The first-order valence-corrected chi connectivity index (χ1v) is 7.13. The highest BCUT2D eigenvalue weighted by molar-refractivity contribution is 8.00. The van der Waals surface area contributed by atoms with E-state index in [9.17, 15) is 14.7 Å². The fourth-order valence-electron chi connectivity index (χ4n) is 2.06. The number of carbonyl (C=O) groups excluding carboxylic acids is 1. The lowest BCUT2D eigenvalue weighted by molar-refractivity contribution is -0.141. The molecule has 19 heavy (non-hydrogen) atoms. The second-order valence-corrected chi connectivity index (χ2v) is 5.49. The van der Waals surface area contributed by atoms with Crippen molar-refractivity contribution in [2.45, 2.75) is 31.2 Å². The molecular formula is C12H15N3O3S. The van der Waals surface area contributed by atoms with E-state index in [1.807, 2.05) is 6.92 Å². The zero-order valence-electron chi connectivity index (χ0n) is 10.5. The molecule has 0 aliphatic carbocycles. The van der Waals surface area contributed by atoms with Crippen LogP contribution in [0.15, 0.2) is 18.5 Å². The molecule has 1 aromatic rings. The van der Waals surface area contributed by atoms with Gasteiger partial charge in [-0.1, -0.05) is 13.3 Å². The quantitative estimate of drug-likeness (QED) is 0.894. The van der Waals surface area contributed by atoms with Crippen LogP contribution in [0.3, 0.4) is 0 Å². The van der Waals surface area contributed by atoms with Gasteiger partial charge in [0.25, 0.3) is 5.91 Å². The molecular weight excluding hydrogens is 266 g/mol. The van der Waals surface area contributed by atoms with E-state index < -0.39 is 12.0 Å². The van der Waals surface area contributed by atoms with Crippen LogP contribution in [-0.2, 0) is 4.79 Å². The first-order valence-electron chi connectivity index (χ1n) is 6.09. The Morgan fingerprint density at radius 2 is 2.32 bits per heavy atom. The molecule has 1 fully saturated rings. The van der Waals surface area contributed by atoms with Crippen LogP contribution in [-0.4, -0.2) is 49.2 Å². The molecule has 6 nitrogen and oxygen atoms in total. The fraction of sp³-hybridized carbons (Fsp3) is 0.500. The maximum absolute atomic E-state index is 12.4. The Balaban J connectivity index is 2.26. The Hall–Kier alpha value is -1.63. The van der Waals surface area contributed by atoms with Gasteiger partial charge in [0.05, 0.1) is 23.3 Å². The minimum absolute atomic E-state index is 0.0771. The van der Waals surface area contributed by atoms with Gasteiger partial charge in [-0.25, -0.2) is 4.79 Å². The number of rotatable bonds is 4. The molecule has 0 radical (unpaired) electrons. The monoisotopic (exact) mass is 281 g/mol. The van der Waals surface area contributed by atoms with E-state index in [0.717, 1.165) is 12.8 Å². The number of carboxylic acid groups (broad SMARTS) is 1. The summed E-state index contributed by atoms with van der Waals surface area (Å²) < 4.78 is 0. The topological polar surface area (TPSA) is 83.4 Å². The van der Waals surface area contributed by atoms with E-state index in [2.05, 4.69) is 10.2 Å². The van der Waals surface area contributed by atoms with Gasteiger partial charge >= 0.3 is 5.97 Å². The first kappa shape index (κ1) is 13.8. The summed E-state index contributed by atoms with van der Waals surface area (Å²) in [6.07, 6.45) is 4.50. The molecule has 7 heteroatoms. The van der Waals surface area contributed by atoms with Crippen molar-refractivity contribution in [2.75, 3.05) is 5.75 Å². The summed E-state index contributed by atoms with van der Waals surface area (Å²) in [5.41, 5.74) is 0.379. The molecule has 0 bridgehead atoms. The first-order chi connectivity index (χ1) is 9.15. The molecule has 2 rings (SSSR count). The number of carbonyl (C=O) groups is 2. The zero-order chi connectivity index (χ0) is 13.8. The number of aliphatic carboxylic acids is 1. The van der Waals surface area contributed by atoms with Crippen LogP contribution in [0.4, 0.5) is 0 Å². The lowest BCUT2D eigenvalue weighted by Crippen LogP contribution is -2.45. The molecule has 2 atom stereocenters. The molecule has 0 spiro atoms. The van der Waals surface area contributed by atoms with Gasteiger partial charge in [-0.05, 0) is 12.5 Å². The Morgan fingerprint density at radius 1 is 1.53 bits per heavy atom. The van der Waals surface area contributed by atoms with E-state index in [-0.39, 0.29) is 11.3 Å². The Labute approximate surface area is 115 Å². The number of thioether (sulfide) groups is 1. The van der Waals surface area contributed by atoms with Gasteiger partial charge in [0.1, 0.15) is 6.04 Å². The number of hydrogen-bond donors (Lipinski definition) is 1. The molecule has 0 saturated carbocycles. The largest absolute Gasteiger partial charge is 0.480 e. The van der Waals surface area contributed by atoms with Crippen molar-refractivity contribution in [1.82, 2.24) is 15.1 Å². The third-order valence-electron chi connectivity index (χ3n) is 2.98. The van der Waals surface area contributed by atoms with Gasteiger partial charge < -0.3 is 10.0 Å². The van der Waals surface area contributed by atoms with Crippen molar-refractivity contribution >= 4 is 23.6 Å². The summed E-state index contributed by atoms with van der Waals surface area (Å²) >= 11 is 1.52. The van der Waals surface area contributed by atoms with Crippen LogP contribution in [0.5, 0.6) is 0 Å². The second kappa shape index (κ2) is 6.01. The maximum Gasteiger partial charge on any atom is 0.327 e. The highest BCUT2D eigenvalue weighted by Gasteiger charge is 2.41. The van der Waals surface area contributed by atoms with E-state index in [1.54, 1.807) is 6.07 Å². The third kappa shape index (κ3) is 2.86. The van der Waals surface area contributed by atoms with Crippen molar-refractivity contribution in [2.24, 2.45) is 0 Å². The van der Waals surface area contributed by atoms with Crippen molar-refractivity contribution < 1.29 is 14.7 Å². The maximum atomic E-state index is 12.4. The molecule has 1 amide bonds. The molecule has 1 aromatic heterocycles. The van der Waals surface area contributed by atoms with Crippen LogP contribution >= 0.6 is 11.8 Å². The Morgan fingerprint density at radius 3 is 2.89 bits per heavy atom. The van der Waals surface area contributed by atoms with Crippen molar-refractivity contribution in [3.8, 4) is 0 Å². The van der Waals surface area contributed by atoms with Gasteiger partial charge in [-0.15, -0.1) is 11.8 Å². The lowest BCUT2D eigenvalue weighted by atomic mass is 10.2. The van der Waals surface area contributed by atoms with E-state index >= 15 is 0 Å². The minimum Gasteiger partial charge on any atom is -0.480 e. The molecule has 2 heterocycles. The summed E-state index contributed by atoms with van der Waals surface area (Å²) in [6, 6.07) is 0.794. The molecule has 0 aromatic carbocycles. The van der Waals surface area contributed by atoms with Crippen LogP contribution in [0.25, 0.3) is 0 Å². The highest BCUT2D eigenvalue weighted by Crippen LogP contribution is 2.33. The second-order valence-electron chi connectivity index (χ2n) is 4.27. The minimum atomic E-state index is -0.957. The van der Waals surface area contributed by atoms with Crippen molar-refractivity contribution in [3.05, 3.63) is 24.0 Å². The predicted octanol–water partition coefficient (Wildman–Crippen LogP) is 1.24. The summed E-state index contributed by atoms with van der Waals surface area (Å²) in [5, 5.41) is 16.4. The number of aromatic nitrogens is 2. The molecule has 2 unspecified atom stereocenters. The van der Waals surface area contributed by atoms with Crippen molar-refractivity contribution in [1.29, 1.82) is 0 Å². The standard InChI is InChI=1S/C12H15N3O3S/c1-2-3-10-15(9(7-19-10)12(17)18)11(16)8-4-5-13-14-6-8/h4-6,9-10H,2-3,7H2,1H3,(H,17,18). The lowest BCUT2D eigenvalue weighted by Gasteiger charge is -2.27. The molecule has 1 N–H and O–H groups in total. The van der Waals surface area contributed by atoms with Crippen LogP contribution < -0.4 is 0 Å². The van der Waals surface area contributed by atoms with Gasteiger partial charge in [0.15, 0.2) is 0 Å². The normalized spacial score (nSPS) is 22.5. The van der Waals surface area contributed by atoms with Gasteiger partial charge in [-0.3, -0.25) is 4.79 Å². The van der Waals surface area contributed by atoms with E-state index in [4.69, 9.17) is 0 Å². The Kier molecular flexibility index (Phi) is 4.36. The van der Waals surface area contributed by atoms with Crippen molar-refractivity contribution in [3.63, 3.8) is 0 Å². The Bertz CT molecular complexity index is 469. The van der Waals surface area contributed by atoms with Crippen LogP contribution in [0.1, 0.15) is 30.1 Å². The van der Waals surface area contributed by atoms with Gasteiger partial charge in [0.2, 0.25) is 0 Å². The number of hydrogen-bond acceptors (Lipinski definition) is 5. The van der Waals surface area contributed by atoms with E-state index in [1.165, 1.54) is 29.1 Å². The average molecular weight is 281 g/mol. The fourth-order valence-corrected chi connectivity index (χ4v) is 3.58. The van der Waals surface area contributed by atoms with Gasteiger partial charge in [-0.2, -0.15) is 10.2 Å². The summed E-state index contributed by atoms with van der Waals surface area (Å²) in [5.74, 6) is -0.809. The highest BCUT2D eigenvalue weighted by atomic mass is 32.2. The molecule has 1 saturated heterocycles. The zero-order valence-corrected chi connectivity index (χ0v) is 11.3. The average Bonchev–Trinajstić information content (AvgIpc) is 2.83. The molecule has 102 valence electrons. The third-order valence-corrected chi connectivity index (χ3v) is 4.33. The summed E-state index contributed by atoms with van der Waals surface area (Å²) in [7, 11) is 0. The van der Waals surface area contributed by atoms with Gasteiger partial charge in [0, 0.05) is 5.75 Å². The summed E-state index contributed by atoms with van der Waals surface area (Å²) in [6.45, 7) is 2.02. The smallest absolute Gasteiger partial charge is 0.327 e. The predicted molar refractivity (Wildman–Crippen MR) is 70.8 cm³/mol. The van der Waals surface area contributed by atoms with Crippen LogP contribution in [0.2, 0.25) is 0 Å². The molecule has 1 aliphatic rings. The SMILES string of the molecule is CCCC1SCC(C(=O)O)N1C(=O)c1ccnnc1. The number of amides is 1. The van der Waals surface area contributed by atoms with Crippen LogP contribution in [0, 0.1) is 0 Å².